The number of halogens is 1. The van der Waals surface area contributed by atoms with Crippen molar-refractivity contribution in [3.63, 3.8) is 0 Å². The number of rotatable bonds is 3. The highest BCUT2D eigenvalue weighted by atomic mass is 35.5. The molecule has 0 fully saturated rings. The van der Waals surface area contributed by atoms with E-state index in [1.807, 2.05) is 0 Å². The molecule has 0 saturated carbocycles. The standard InChI is InChI=1S/C6H11N3O.ClH/c7-3-1-2-5-4-8-6(10)9-5;/h4H,1-3,7H2,(H2,8,9,10);1H. The summed E-state index contributed by atoms with van der Waals surface area (Å²) >= 11 is 0. The summed E-state index contributed by atoms with van der Waals surface area (Å²) in [6, 6.07) is 0. The molecule has 4 nitrogen and oxygen atoms in total. The maximum absolute atomic E-state index is 10.5. The zero-order chi connectivity index (χ0) is 7.40. The lowest BCUT2D eigenvalue weighted by Crippen LogP contribution is -3.00. The molecule has 1 aromatic heterocycles. The fourth-order valence-corrected chi connectivity index (χ4v) is 0.821. The second-order valence-electron chi connectivity index (χ2n) is 2.23. The van der Waals surface area contributed by atoms with E-state index in [9.17, 15) is 4.79 Å². The Morgan fingerprint density at radius 1 is 1.55 bits per heavy atom. The molecule has 64 valence electrons. The van der Waals surface area contributed by atoms with Crippen molar-refractivity contribution in [3.8, 4) is 0 Å². The Hall–Kier alpha value is -0.740. The summed E-state index contributed by atoms with van der Waals surface area (Å²) in [5.74, 6) is 0. The summed E-state index contributed by atoms with van der Waals surface area (Å²) in [6.45, 7) is 0.910. The van der Waals surface area contributed by atoms with Crippen molar-refractivity contribution in [1.82, 2.24) is 9.97 Å². The van der Waals surface area contributed by atoms with Crippen LogP contribution in [0.2, 0.25) is 0 Å². The molecular formula is C6H12ClN3O. The third-order valence-corrected chi connectivity index (χ3v) is 1.35. The van der Waals surface area contributed by atoms with Crippen LogP contribution in [0.1, 0.15) is 12.1 Å². The number of H-pyrrole nitrogens is 2. The summed E-state index contributed by atoms with van der Waals surface area (Å²) in [6.07, 6.45) is 3.63. The van der Waals surface area contributed by atoms with Gasteiger partial charge in [0.1, 0.15) is 0 Å². The first-order valence-corrected chi connectivity index (χ1v) is 3.39. The number of quaternary nitrogens is 1. The molecule has 0 bridgehead atoms. The highest BCUT2D eigenvalue weighted by molar-refractivity contribution is 4.93. The Kier molecular flexibility index (Phi) is 4.65. The third-order valence-electron chi connectivity index (χ3n) is 1.35. The fraction of sp³-hybridized carbons (Fsp3) is 0.500. The summed E-state index contributed by atoms with van der Waals surface area (Å²) in [7, 11) is 0. The maximum Gasteiger partial charge on any atom is 0.323 e. The molecule has 1 aromatic rings. The number of imidazole rings is 1. The molecule has 0 aromatic carbocycles. The number of nitrogens with one attached hydrogen (secondary N) is 2. The second-order valence-corrected chi connectivity index (χ2v) is 2.23. The summed E-state index contributed by atoms with van der Waals surface area (Å²) in [5.41, 5.74) is 4.55. The lowest BCUT2D eigenvalue weighted by Gasteiger charge is -1.88. The van der Waals surface area contributed by atoms with Crippen LogP contribution in [-0.4, -0.2) is 16.5 Å². The smallest absolute Gasteiger partial charge is 0.323 e. The summed E-state index contributed by atoms with van der Waals surface area (Å²) in [4.78, 5) is 15.7. The molecule has 0 radical (unpaired) electrons. The zero-order valence-corrected chi connectivity index (χ0v) is 6.95. The van der Waals surface area contributed by atoms with Crippen LogP contribution >= 0.6 is 0 Å². The maximum atomic E-state index is 10.5. The largest absolute Gasteiger partial charge is 1.00 e. The van der Waals surface area contributed by atoms with Crippen LogP contribution in [0.4, 0.5) is 0 Å². The summed E-state index contributed by atoms with van der Waals surface area (Å²) < 4.78 is 0. The van der Waals surface area contributed by atoms with E-state index in [4.69, 9.17) is 0 Å². The average molecular weight is 178 g/mol. The zero-order valence-electron chi connectivity index (χ0n) is 6.19. The minimum Gasteiger partial charge on any atom is -1.00 e. The quantitative estimate of drug-likeness (QED) is 0.431. The highest BCUT2D eigenvalue weighted by Crippen LogP contribution is 1.91. The molecule has 0 unspecified atom stereocenters. The monoisotopic (exact) mass is 177 g/mol. The number of hydrogen-bond donors (Lipinski definition) is 3. The van der Waals surface area contributed by atoms with E-state index in [-0.39, 0.29) is 18.1 Å². The van der Waals surface area contributed by atoms with Gasteiger partial charge in [0.15, 0.2) is 0 Å². The molecule has 0 aliphatic heterocycles. The minimum atomic E-state index is -0.126. The van der Waals surface area contributed by atoms with Gasteiger partial charge in [-0.05, 0) is 6.42 Å². The van der Waals surface area contributed by atoms with E-state index < -0.39 is 0 Å². The SMILES string of the molecule is [Cl-].[NH3+]CCCc1c[nH]c(=O)[nH]1. The number of aromatic nitrogens is 2. The molecule has 0 aliphatic rings. The van der Waals surface area contributed by atoms with Crippen molar-refractivity contribution in [2.75, 3.05) is 6.54 Å². The van der Waals surface area contributed by atoms with Gasteiger partial charge in [0, 0.05) is 18.3 Å². The molecule has 5 heteroatoms. The van der Waals surface area contributed by atoms with Gasteiger partial charge in [-0.2, -0.15) is 0 Å². The van der Waals surface area contributed by atoms with Crippen LogP contribution in [0.5, 0.6) is 0 Å². The number of hydrogen-bond acceptors (Lipinski definition) is 1. The summed E-state index contributed by atoms with van der Waals surface area (Å²) in [5, 5.41) is 0. The molecule has 0 atom stereocenters. The fourth-order valence-electron chi connectivity index (χ4n) is 0.821. The van der Waals surface area contributed by atoms with Gasteiger partial charge in [-0.3, -0.25) is 0 Å². The molecular weight excluding hydrogens is 166 g/mol. The lowest BCUT2D eigenvalue weighted by molar-refractivity contribution is -0.368. The van der Waals surface area contributed by atoms with Crippen LogP contribution in [0.25, 0.3) is 0 Å². The Balaban J connectivity index is 0.000001000. The Morgan fingerprint density at radius 3 is 2.73 bits per heavy atom. The first kappa shape index (κ1) is 10.3. The van der Waals surface area contributed by atoms with Crippen molar-refractivity contribution in [2.45, 2.75) is 12.8 Å². The van der Waals surface area contributed by atoms with Gasteiger partial charge in [0.05, 0.1) is 6.54 Å². The van der Waals surface area contributed by atoms with Crippen LogP contribution in [-0.2, 0) is 6.42 Å². The van der Waals surface area contributed by atoms with Gasteiger partial charge >= 0.3 is 5.69 Å². The first-order valence-electron chi connectivity index (χ1n) is 3.39. The third kappa shape index (κ3) is 3.25. The van der Waals surface area contributed by atoms with E-state index in [1.165, 1.54) is 0 Å². The highest BCUT2D eigenvalue weighted by Gasteiger charge is 1.93. The van der Waals surface area contributed by atoms with Gasteiger partial charge in [0.25, 0.3) is 0 Å². The predicted molar refractivity (Wildman–Crippen MR) is 37.5 cm³/mol. The number of aryl methyl sites for hydroxylation is 1. The second kappa shape index (κ2) is 4.98. The normalized spacial score (nSPS) is 9.18. The predicted octanol–water partition coefficient (Wildman–Crippen LogP) is -4.12. The minimum absolute atomic E-state index is 0. The molecule has 0 amide bonds. The molecule has 0 saturated heterocycles. The van der Waals surface area contributed by atoms with Gasteiger partial charge in [-0.25, -0.2) is 4.79 Å². The van der Waals surface area contributed by atoms with Gasteiger partial charge in [-0.1, -0.05) is 0 Å². The topological polar surface area (TPSA) is 76.3 Å². The van der Waals surface area contributed by atoms with Crippen LogP contribution in [0.15, 0.2) is 11.0 Å². The molecule has 1 heterocycles. The molecule has 0 spiro atoms. The van der Waals surface area contributed by atoms with Crippen LogP contribution in [0.3, 0.4) is 0 Å². The van der Waals surface area contributed by atoms with Crippen molar-refractivity contribution in [2.24, 2.45) is 0 Å². The van der Waals surface area contributed by atoms with Gasteiger partial charge in [0.2, 0.25) is 0 Å². The Labute approximate surface area is 70.6 Å². The van der Waals surface area contributed by atoms with Crippen LogP contribution < -0.4 is 23.8 Å². The van der Waals surface area contributed by atoms with Gasteiger partial charge in [-0.15, -0.1) is 0 Å². The molecule has 1 rings (SSSR count). The van der Waals surface area contributed by atoms with E-state index in [0.717, 1.165) is 25.1 Å². The first-order chi connectivity index (χ1) is 4.83. The van der Waals surface area contributed by atoms with E-state index in [1.54, 1.807) is 6.20 Å². The Bertz CT molecular complexity index is 242. The number of aromatic amines is 2. The van der Waals surface area contributed by atoms with E-state index in [0.29, 0.717) is 0 Å². The molecule has 11 heavy (non-hydrogen) atoms. The average Bonchev–Trinajstić information content (AvgIpc) is 2.31. The molecule has 0 aliphatic carbocycles. The molecule has 5 N–H and O–H groups in total. The van der Waals surface area contributed by atoms with E-state index in [2.05, 4.69) is 15.7 Å². The van der Waals surface area contributed by atoms with Crippen molar-refractivity contribution < 1.29 is 18.1 Å². The lowest BCUT2D eigenvalue weighted by atomic mass is 10.2. The van der Waals surface area contributed by atoms with Crippen molar-refractivity contribution >= 4 is 0 Å². The Morgan fingerprint density at radius 2 is 2.27 bits per heavy atom. The van der Waals surface area contributed by atoms with Gasteiger partial charge < -0.3 is 28.1 Å². The van der Waals surface area contributed by atoms with Crippen LogP contribution in [0, 0.1) is 0 Å². The van der Waals surface area contributed by atoms with Crippen molar-refractivity contribution in [1.29, 1.82) is 0 Å². The van der Waals surface area contributed by atoms with E-state index >= 15 is 0 Å². The van der Waals surface area contributed by atoms with Crippen molar-refractivity contribution in [3.05, 3.63) is 22.4 Å².